The highest BCUT2D eigenvalue weighted by Crippen LogP contribution is 2.36. The molecule has 0 amide bonds. The van der Waals surface area contributed by atoms with Crippen LogP contribution in [0.5, 0.6) is 5.75 Å². The minimum atomic E-state index is -1.17. The number of fused-ring (bicyclic) bond motifs is 3. The number of aliphatic hydroxyl groups excluding tert-OH is 1. The first kappa shape index (κ1) is 15.8. The lowest BCUT2D eigenvalue weighted by Gasteiger charge is -2.33. The topological polar surface area (TPSA) is 97.4 Å². The minimum absolute atomic E-state index is 0.138. The van der Waals surface area contributed by atoms with Crippen molar-refractivity contribution in [1.29, 1.82) is 0 Å². The lowest BCUT2D eigenvalue weighted by Crippen LogP contribution is -2.88. The number of nitrogens with two attached hydrogens (primary N) is 1. The van der Waals surface area contributed by atoms with E-state index in [1.54, 1.807) is 21.0 Å². The first-order valence-electron chi connectivity index (χ1n) is 8.27. The maximum Gasteiger partial charge on any atom is 0.351 e. The molecule has 0 bridgehead atoms. The van der Waals surface area contributed by atoms with Crippen LogP contribution in [-0.2, 0) is 20.7 Å². The number of carbonyl (C=O) groups is 1. The number of benzene rings is 1. The number of aromatic amines is 1. The Bertz CT molecular complexity index is 896. The lowest BCUT2D eigenvalue weighted by molar-refractivity contribution is -0.691. The van der Waals surface area contributed by atoms with Gasteiger partial charge in [0.25, 0.3) is 11.7 Å². The summed E-state index contributed by atoms with van der Waals surface area (Å²) in [4.78, 5) is 15.9. The molecule has 0 saturated carbocycles. The second kappa shape index (κ2) is 5.42. The summed E-state index contributed by atoms with van der Waals surface area (Å²) in [5.41, 5.74) is 3.12. The van der Waals surface area contributed by atoms with Crippen LogP contribution in [0.25, 0.3) is 10.9 Å². The van der Waals surface area contributed by atoms with Crippen molar-refractivity contribution in [3.63, 3.8) is 0 Å². The van der Waals surface area contributed by atoms with E-state index in [-0.39, 0.29) is 11.5 Å². The van der Waals surface area contributed by atoms with E-state index in [9.17, 15) is 9.90 Å². The number of methoxy groups -OCH3 is 1. The van der Waals surface area contributed by atoms with E-state index in [1.165, 1.54) is 0 Å². The van der Waals surface area contributed by atoms with E-state index in [0.717, 1.165) is 40.9 Å². The summed E-state index contributed by atoms with van der Waals surface area (Å²) in [5.74, 6) is -1.31. The molecule has 1 aromatic carbocycles. The van der Waals surface area contributed by atoms with Gasteiger partial charge in [-0.15, -0.1) is 0 Å². The quantitative estimate of drug-likeness (QED) is 0.715. The number of carbonyl (C=O) groups excluding carboxylic acids is 1. The molecule has 2 aliphatic rings. The van der Waals surface area contributed by atoms with Crippen molar-refractivity contribution in [2.45, 2.75) is 32.1 Å². The van der Waals surface area contributed by atoms with Gasteiger partial charge in [-0.2, -0.15) is 0 Å². The number of quaternary nitrogens is 1. The van der Waals surface area contributed by atoms with Gasteiger partial charge in [0, 0.05) is 31.2 Å². The summed E-state index contributed by atoms with van der Waals surface area (Å²) in [6.45, 7) is 3.96. The third kappa shape index (κ3) is 2.51. The van der Waals surface area contributed by atoms with Gasteiger partial charge < -0.3 is 29.6 Å². The molecule has 0 unspecified atom stereocenters. The highest BCUT2D eigenvalue weighted by atomic mass is 16.8. The van der Waals surface area contributed by atoms with E-state index >= 15 is 0 Å². The number of aliphatic hydroxyl groups is 1. The molecule has 7 heteroatoms. The van der Waals surface area contributed by atoms with Gasteiger partial charge in [0.05, 0.1) is 19.3 Å². The standard InChI is InChI=1S/C18H20N2O5/c1-18(2)24-16(21)13(17(22)25-18)15-14-10(6-7-19-15)11-8-9(23-3)4-5-12(11)20-14/h4-5,8,15,19-21H,6-7H2,1-3H3/p+1/t15-/m1/s1. The van der Waals surface area contributed by atoms with Gasteiger partial charge in [0.1, 0.15) is 5.75 Å². The van der Waals surface area contributed by atoms with E-state index in [1.807, 2.05) is 23.5 Å². The number of nitrogens with one attached hydrogen (secondary N) is 1. The lowest BCUT2D eigenvalue weighted by atomic mass is 9.94. The van der Waals surface area contributed by atoms with Crippen LogP contribution in [0.15, 0.2) is 29.7 Å². The maximum atomic E-state index is 12.5. The van der Waals surface area contributed by atoms with E-state index < -0.39 is 17.8 Å². The number of H-pyrrole nitrogens is 1. The number of hydrogen-bond acceptors (Lipinski definition) is 5. The minimum Gasteiger partial charge on any atom is -0.497 e. The molecule has 0 aliphatic carbocycles. The van der Waals surface area contributed by atoms with Gasteiger partial charge >= 0.3 is 5.97 Å². The Balaban J connectivity index is 1.84. The Morgan fingerprint density at radius 2 is 2.16 bits per heavy atom. The van der Waals surface area contributed by atoms with Crippen LogP contribution in [0, 0.1) is 0 Å². The Kier molecular flexibility index (Phi) is 3.43. The average molecular weight is 345 g/mol. The van der Waals surface area contributed by atoms with Crippen molar-refractivity contribution in [2.24, 2.45) is 0 Å². The van der Waals surface area contributed by atoms with Crippen LogP contribution in [-0.4, -0.2) is 35.5 Å². The van der Waals surface area contributed by atoms with Gasteiger partial charge in [-0.3, -0.25) is 0 Å². The molecule has 4 rings (SSSR count). The van der Waals surface area contributed by atoms with Crippen LogP contribution in [0.4, 0.5) is 0 Å². The fourth-order valence-corrected chi connectivity index (χ4v) is 3.62. The van der Waals surface area contributed by atoms with Crippen molar-refractivity contribution >= 4 is 16.9 Å². The molecule has 0 radical (unpaired) electrons. The molecule has 0 spiro atoms. The first-order valence-corrected chi connectivity index (χ1v) is 8.27. The number of hydrogen-bond donors (Lipinski definition) is 3. The summed E-state index contributed by atoms with van der Waals surface area (Å²) in [6, 6.07) is 5.43. The predicted octanol–water partition coefficient (Wildman–Crippen LogP) is 1.42. The monoisotopic (exact) mass is 345 g/mol. The second-order valence-electron chi connectivity index (χ2n) is 6.79. The number of cyclic esters (lactones) is 1. The molecular formula is C18H21N2O5+. The van der Waals surface area contributed by atoms with Crippen molar-refractivity contribution in [1.82, 2.24) is 4.98 Å². The molecular weight excluding hydrogens is 324 g/mol. The molecule has 0 saturated heterocycles. The maximum absolute atomic E-state index is 12.5. The number of rotatable bonds is 2. The zero-order valence-corrected chi connectivity index (χ0v) is 14.4. The third-order valence-electron chi connectivity index (χ3n) is 4.70. The normalized spacial score (nSPS) is 22.4. The molecule has 1 aromatic heterocycles. The van der Waals surface area contributed by atoms with Crippen LogP contribution < -0.4 is 10.1 Å². The molecule has 0 fully saturated rings. The Morgan fingerprint density at radius 1 is 1.36 bits per heavy atom. The summed E-state index contributed by atoms with van der Waals surface area (Å²) < 4.78 is 16.0. The Labute approximate surface area is 144 Å². The summed E-state index contributed by atoms with van der Waals surface area (Å²) in [7, 11) is 1.64. The van der Waals surface area contributed by atoms with E-state index in [2.05, 4.69) is 4.98 Å². The smallest absolute Gasteiger partial charge is 0.351 e. The molecule has 25 heavy (non-hydrogen) atoms. The molecule has 7 nitrogen and oxygen atoms in total. The predicted molar refractivity (Wildman–Crippen MR) is 89.0 cm³/mol. The van der Waals surface area contributed by atoms with Gasteiger partial charge in [0.2, 0.25) is 0 Å². The molecule has 2 aliphatic heterocycles. The molecule has 2 aromatic rings. The molecule has 4 N–H and O–H groups in total. The fourth-order valence-electron chi connectivity index (χ4n) is 3.62. The van der Waals surface area contributed by atoms with Crippen molar-refractivity contribution in [2.75, 3.05) is 13.7 Å². The second-order valence-corrected chi connectivity index (χ2v) is 6.79. The zero-order chi connectivity index (χ0) is 17.8. The summed E-state index contributed by atoms with van der Waals surface area (Å²) >= 11 is 0. The Morgan fingerprint density at radius 3 is 2.88 bits per heavy atom. The van der Waals surface area contributed by atoms with Crippen LogP contribution in [0.1, 0.15) is 31.1 Å². The summed E-state index contributed by atoms with van der Waals surface area (Å²) in [5, 5.41) is 13.4. The summed E-state index contributed by atoms with van der Waals surface area (Å²) in [6.07, 6.45) is 0.856. The molecule has 1 atom stereocenters. The van der Waals surface area contributed by atoms with E-state index in [4.69, 9.17) is 14.2 Å². The van der Waals surface area contributed by atoms with Crippen LogP contribution >= 0.6 is 0 Å². The number of esters is 1. The average Bonchev–Trinajstić information content (AvgIpc) is 2.91. The third-order valence-corrected chi connectivity index (χ3v) is 4.70. The SMILES string of the molecule is COc1ccc2[nH]c3c(c2c1)CC[NH2+][C@@H]3C1=C(O)OC(C)(C)OC1=O. The molecule has 132 valence electrons. The highest BCUT2D eigenvalue weighted by Gasteiger charge is 2.44. The van der Waals surface area contributed by atoms with Gasteiger partial charge in [-0.05, 0) is 23.8 Å². The van der Waals surface area contributed by atoms with Crippen molar-refractivity contribution < 1.29 is 29.4 Å². The number of aromatic nitrogens is 1. The highest BCUT2D eigenvalue weighted by molar-refractivity contribution is 5.92. The number of ether oxygens (including phenoxy) is 3. The Hall–Kier alpha value is -2.67. The van der Waals surface area contributed by atoms with Gasteiger partial charge in [0.15, 0.2) is 11.6 Å². The van der Waals surface area contributed by atoms with E-state index in [0.29, 0.717) is 0 Å². The first-order chi connectivity index (χ1) is 11.9. The zero-order valence-electron chi connectivity index (χ0n) is 14.4. The van der Waals surface area contributed by atoms with Crippen molar-refractivity contribution in [3.8, 4) is 5.75 Å². The largest absolute Gasteiger partial charge is 0.497 e. The molecule has 3 heterocycles. The van der Waals surface area contributed by atoms with Crippen LogP contribution in [0.2, 0.25) is 0 Å². The van der Waals surface area contributed by atoms with Gasteiger partial charge in [-0.25, -0.2) is 4.79 Å². The van der Waals surface area contributed by atoms with Crippen LogP contribution in [0.3, 0.4) is 0 Å². The van der Waals surface area contributed by atoms with Gasteiger partial charge in [-0.1, -0.05) is 0 Å². The fraction of sp³-hybridized carbons (Fsp3) is 0.389. The van der Waals surface area contributed by atoms with Crippen molar-refractivity contribution in [3.05, 3.63) is 41.0 Å².